The van der Waals surface area contributed by atoms with Crippen LogP contribution in [0.5, 0.6) is 0 Å². The number of urea groups is 1. The number of hydrogen-bond donors (Lipinski definition) is 2. The zero-order chi connectivity index (χ0) is 23.8. The van der Waals surface area contributed by atoms with E-state index in [-0.39, 0.29) is 23.8 Å². The summed E-state index contributed by atoms with van der Waals surface area (Å²) in [5, 5.41) is 5.75. The number of esters is 1. The molecule has 2 aromatic carbocycles. The van der Waals surface area contributed by atoms with Gasteiger partial charge < -0.3 is 15.4 Å². The second-order valence-electron chi connectivity index (χ2n) is 8.01. The first-order valence-corrected chi connectivity index (χ1v) is 10.6. The van der Waals surface area contributed by atoms with Gasteiger partial charge in [-0.1, -0.05) is 23.7 Å². The third-order valence-electron chi connectivity index (χ3n) is 5.73. The summed E-state index contributed by atoms with van der Waals surface area (Å²) >= 11 is 5.82. The Morgan fingerprint density at radius 3 is 2.76 bits per heavy atom. The van der Waals surface area contributed by atoms with E-state index in [2.05, 4.69) is 10.6 Å². The highest BCUT2D eigenvalue weighted by Gasteiger charge is 2.49. The molecule has 2 aromatic rings. The number of nitrogens with zero attached hydrogens (tertiary/aromatic N) is 2. The Labute approximate surface area is 193 Å². The number of fused-ring (bicyclic) bond motifs is 1. The monoisotopic (exact) mass is 482 g/mol. The van der Waals surface area contributed by atoms with Crippen LogP contribution in [0.15, 0.2) is 42.5 Å². The van der Waals surface area contributed by atoms with Gasteiger partial charge in [0, 0.05) is 25.2 Å². The molecule has 4 rings (SSSR count). The number of alkyl halides is 2. The summed E-state index contributed by atoms with van der Waals surface area (Å²) in [6.45, 7) is -0.340. The maximum Gasteiger partial charge on any atom is 0.326 e. The highest BCUT2D eigenvalue weighted by molar-refractivity contribution is 6.31. The Hall–Kier alpha value is -2.98. The number of anilines is 3. The number of methoxy groups -OCH3 is 1. The van der Waals surface area contributed by atoms with Gasteiger partial charge in [-0.3, -0.25) is 14.6 Å². The molecule has 176 valence electrons. The average molecular weight is 483 g/mol. The first kappa shape index (κ1) is 23.2. The number of amides is 2. The van der Waals surface area contributed by atoms with Crippen molar-refractivity contribution in [1.29, 1.82) is 0 Å². The zero-order valence-corrected chi connectivity index (χ0v) is 18.4. The molecule has 0 radical (unpaired) electrons. The van der Waals surface area contributed by atoms with Crippen LogP contribution in [0.25, 0.3) is 0 Å². The number of rotatable bonds is 4. The van der Waals surface area contributed by atoms with E-state index in [9.17, 15) is 22.8 Å². The average Bonchev–Trinajstić information content (AvgIpc) is 3.09. The van der Waals surface area contributed by atoms with Gasteiger partial charge in [-0.05, 0) is 30.3 Å². The number of ether oxygens (including phenoxy) is 1. The normalized spacial score (nSPS) is 21.8. The van der Waals surface area contributed by atoms with Crippen molar-refractivity contribution in [3.05, 3.63) is 53.3 Å². The van der Waals surface area contributed by atoms with E-state index >= 15 is 0 Å². The molecule has 0 spiro atoms. The van der Waals surface area contributed by atoms with Crippen molar-refractivity contribution in [1.82, 2.24) is 4.90 Å². The lowest BCUT2D eigenvalue weighted by atomic mass is 10.1. The Balaban J connectivity index is 1.61. The predicted octanol–water partition coefficient (Wildman–Crippen LogP) is 4.19. The largest absolute Gasteiger partial charge is 0.468 e. The number of para-hydroxylation sites is 2. The lowest BCUT2D eigenvalue weighted by Gasteiger charge is -2.40. The van der Waals surface area contributed by atoms with Crippen molar-refractivity contribution in [3.8, 4) is 0 Å². The van der Waals surface area contributed by atoms with E-state index in [1.54, 1.807) is 24.3 Å². The molecule has 1 fully saturated rings. The van der Waals surface area contributed by atoms with Crippen molar-refractivity contribution in [3.63, 3.8) is 0 Å². The van der Waals surface area contributed by atoms with Crippen LogP contribution in [-0.4, -0.2) is 61.7 Å². The molecular weight excluding hydrogens is 461 g/mol. The van der Waals surface area contributed by atoms with E-state index < -0.39 is 48.8 Å². The maximum absolute atomic E-state index is 14.1. The summed E-state index contributed by atoms with van der Waals surface area (Å²) < 4.78 is 46.5. The predicted molar refractivity (Wildman–Crippen MR) is 119 cm³/mol. The summed E-state index contributed by atoms with van der Waals surface area (Å²) in [5.74, 6) is -4.41. The van der Waals surface area contributed by atoms with Crippen LogP contribution in [0.3, 0.4) is 0 Å². The third kappa shape index (κ3) is 4.86. The summed E-state index contributed by atoms with van der Waals surface area (Å²) in [4.78, 5) is 28.2. The minimum absolute atomic E-state index is 0.00822. The lowest BCUT2D eigenvalue weighted by Crippen LogP contribution is -2.55. The van der Waals surface area contributed by atoms with Gasteiger partial charge in [0.1, 0.15) is 11.9 Å². The summed E-state index contributed by atoms with van der Waals surface area (Å²) in [6, 6.07) is 8.62. The number of likely N-dealkylation sites (tertiary alicyclic amines) is 1. The van der Waals surface area contributed by atoms with Crippen molar-refractivity contribution in [2.24, 2.45) is 0 Å². The fourth-order valence-corrected chi connectivity index (χ4v) is 4.42. The van der Waals surface area contributed by atoms with Crippen LogP contribution in [0, 0.1) is 5.82 Å². The summed E-state index contributed by atoms with van der Waals surface area (Å²) in [6.07, 6.45) is -0.642. The summed E-state index contributed by atoms with van der Waals surface area (Å²) in [7, 11) is 1.16. The molecule has 2 atom stereocenters. The second-order valence-corrected chi connectivity index (χ2v) is 8.42. The molecule has 1 saturated heterocycles. The number of halogens is 4. The number of carbonyl (C=O) groups is 2. The van der Waals surface area contributed by atoms with Gasteiger partial charge in [0.25, 0.3) is 5.92 Å². The minimum Gasteiger partial charge on any atom is -0.468 e. The Bertz CT molecular complexity index is 1070. The molecular formula is C22H22ClF3N4O3. The Morgan fingerprint density at radius 1 is 1.27 bits per heavy atom. The first-order valence-electron chi connectivity index (χ1n) is 10.3. The highest BCUT2D eigenvalue weighted by Crippen LogP contribution is 2.36. The van der Waals surface area contributed by atoms with Crippen LogP contribution in [0.1, 0.15) is 6.42 Å². The molecule has 2 amide bonds. The number of carbonyl (C=O) groups excluding carboxylic acids is 2. The van der Waals surface area contributed by atoms with Crippen molar-refractivity contribution >= 4 is 40.7 Å². The van der Waals surface area contributed by atoms with E-state index in [1.807, 2.05) is 0 Å². The molecule has 1 unspecified atom stereocenters. The fraction of sp³-hybridized carbons (Fsp3) is 0.364. The van der Waals surface area contributed by atoms with Gasteiger partial charge in [0.05, 0.1) is 36.1 Å². The Kier molecular flexibility index (Phi) is 6.40. The molecule has 2 heterocycles. The topological polar surface area (TPSA) is 73.9 Å². The van der Waals surface area contributed by atoms with Crippen LogP contribution in [0.2, 0.25) is 5.02 Å². The number of nitrogens with one attached hydrogen (secondary N) is 2. The molecule has 0 bridgehead atoms. The first-order chi connectivity index (χ1) is 15.7. The van der Waals surface area contributed by atoms with Crippen LogP contribution in [-0.2, 0) is 9.53 Å². The van der Waals surface area contributed by atoms with Crippen LogP contribution < -0.4 is 15.5 Å². The molecule has 0 aromatic heterocycles. The lowest BCUT2D eigenvalue weighted by molar-refractivity contribution is -0.146. The molecule has 11 heteroatoms. The van der Waals surface area contributed by atoms with Crippen LogP contribution in [0.4, 0.5) is 35.0 Å². The quantitative estimate of drug-likeness (QED) is 0.639. The fourth-order valence-electron chi connectivity index (χ4n) is 4.24. The minimum atomic E-state index is -3.04. The molecule has 2 N–H and O–H groups in total. The van der Waals surface area contributed by atoms with Gasteiger partial charge in [-0.2, -0.15) is 0 Å². The van der Waals surface area contributed by atoms with Crippen molar-refractivity contribution in [2.45, 2.75) is 24.4 Å². The van der Waals surface area contributed by atoms with E-state index in [1.165, 1.54) is 21.9 Å². The molecule has 2 aliphatic heterocycles. The second kappa shape index (κ2) is 9.11. The van der Waals surface area contributed by atoms with Gasteiger partial charge in [-0.15, -0.1) is 0 Å². The molecule has 2 aliphatic rings. The standard InChI is InChI=1S/C22H22ClF3N4O3/c1-33-20(31)19-9-22(25,26)12-29(19)11-14-10-27-17-4-2-3-5-18(17)30(14)21(32)28-13-6-7-16(24)15(23)8-13/h2-8,14,19,27H,9-12H2,1H3,(H,28,32)/t14?,19-/m0/s1. The van der Waals surface area contributed by atoms with Gasteiger partial charge in [-0.25, -0.2) is 18.0 Å². The van der Waals surface area contributed by atoms with Crippen molar-refractivity contribution in [2.75, 3.05) is 42.3 Å². The van der Waals surface area contributed by atoms with Crippen molar-refractivity contribution < 1.29 is 27.5 Å². The molecule has 0 aliphatic carbocycles. The van der Waals surface area contributed by atoms with Gasteiger partial charge >= 0.3 is 12.0 Å². The number of benzene rings is 2. The van der Waals surface area contributed by atoms with Gasteiger partial charge in [0.15, 0.2) is 0 Å². The third-order valence-corrected chi connectivity index (χ3v) is 6.02. The van der Waals surface area contributed by atoms with E-state index in [0.29, 0.717) is 11.4 Å². The Morgan fingerprint density at radius 2 is 2.03 bits per heavy atom. The molecule has 7 nitrogen and oxygen atoms in total. The van der Waals surface area contributed by atoms with E-state index in [0.717, 1.165) is 13.2 Å². The smallest absolute Gasteiger partial charge is 0.326 e. The van der Waals surface area contributed by atoms with E-state index in [4.69, 9.17) is 16.3 Å². The molecule has 0 saturated carbocycles. The van der Waals surface area contributed by atoms with Crippen LogP contribution >= 0.6 is 11.6 Å². The zero-order valence-electron chi connectivity index (χ0n) is 17.7. The van der Waals surface area contributed by atoms with Gasteiger partial charge in [0.2, 0.25) is 0 Å². The molecule has 33 heavy (non-hydrogen) atoms. The highest BCUT2D eigenvalue weighted by atomic mass is 35.5. The maximum atomic E-state index is 14.1. The number of hydrogen-bond acceptors (Lipinski definition) is 5. The summed E-state index contributed by atoms with van der Waals surface area (Å²) in [5.41, 5.74) is 1.51. The SMILES string of the molecule is COC(=O)[C@@H]1CC(F)(F)CN1CC1CNc2ccccc2N1C(=O)Nc1ccc(F)c(Cl)c1.